The number of ether oxygens (including phenoxy) is 1. The molecule has 76 valence electrons. The lowest BCUT2D eigenvalue weighted by Crippen LogP contribution is -2.21. The molecular weight excluding hydrogens is 188 g/mol. The van der Waals surface area contributed by atoms with Crippen LogP contribution in [0.2, 0.25) is 0 Å². The Morgan fingerprint density at radius 3 is 2.77 bits per heavy atom. The molecule has 1 atom stereocenters. The summed E-state index contributed by atoms with van der Waals surface area (Å²) in [5.41, 5.74) is 0.357. The number of rotatable bonds is 6. The first kappa shape index (κ1) is 12.5. The van der Waals surface area contributed by atoms with E-state index in [2.05, 4.69) is 6.58 Å². The van der Waals surface area contributed by atoms with Crippen molar-refractivity contribution in [3.63, 3.8) is 0 Å². The second kappa shape index (κ2) is 6.97. The van der Waals surface area contributed by atoms with Gasteiger partial charge in [-0.3, -0.25) is 0 Å². The van der Waals surface area contributed by atoms with Gasteiger partial charge in [-0.2, -0.15) is 11.8 Å². The Morgan fingerprint density at radius 2 is 2.31 bits per heavy atom. The van der Waals surface area contributed by atoms with E-state index in [-0.39, 0.29) is 6.61 Å². The van der Waals surface area contributed by atoms with Gasteiger partial charge in [0.2, 0.25) is 0 Å². The standard InChI is InChI=1S/C9H16O3S/c1-4-13-6-8(10)5-12-9(11)7(2)3/h8,10H,2,4-6H2,1,3H3. The zero-order valence-corrected chi connectivity index (χ0v) is 8.89. The lowest BCUT2D eigenvalue weighted by Gasteiger charge is -2.09. The maximum atomic E-state index is 10.9. The average molecular weight is 204 g/mol. The van der Waals surface area contributed by atoms with E-state index >= 15 is 0 Å². The van der Waals surface area contributed by atoms with Gasteiger partial charge in [0.05, 0.1) is 6.10 Å². The van der Waals surface area contributed by atoms with Crippen LogP contribution in [-0.4, -0.2) is 35.3 Å². The van der Waals surface area contributed by atoms with E-state index in [1.807, 2.05) is 6.92 Å². The largest absolute Gasteiger partial charge is 0.460 e. The predicted molar refractivity (Wildman–Crippen MR) is 54.8 cm³/mol. The molecule has 4 heteroatoms. The average Bonchev–Trinajstić information content (AvgIpc) is 2.10. The van der Waals surface area contributed by atoms with Gasteiger partial charge in [-0.15, -0.1) is 0 Å². The summed E-state index contributed by atoms with van der Waals surface area (Å²) in [6, 6.07) is 0. The molecule has 0 aromatic carbocycles. The third-order valence-corrected chi connectivity index (χ3v) is 2.30. The molecule has 13 heavy (non-hydrogen) atoms. The van der Waals surface area contributed by atoms with Gasteiger partial charge in [0.15, 0.2) is 0 Å². The topological polar surface area (TPSA) is 46.5 Å². The van der Waals surface area contributed by atoms with Crippen LogP contribution < -0.4 is 0 Å². The van der Waals surface area contributed by atoms with Crippen molar-refractivity contribution in [2.45, 2.75) is 20.0 Å². The Bertz CT molecular complexity index is 180. The molecule has 0 aliphatic rings. The van der Waals surface area contributed by atoms with E-state index in [0.717, 1.165) is 5.75 Å². The van der Waals surface area contributed by atoms with Crippen LogP contribution in [0.4, 0.5) is 0 Å². The van der Waals surface area contributed by atoms with E-state index in [0.29, 0.717) is 11.3 Å². The summed E-state index contributed by atoms with van der Waals surface area (Å²) in [5, 5.41) is 9.28. The number of esters is 1. The molecule has 0 rings (SSSR count). The van der Waals surface area contributed by atoms with Gasteiger partial charge >= 0.3 is 5.97 Å². The molecule has 1 N–H and O–H groups in total. The van der Waals surface area contributed by atoms with Crippen LogP contribution in [0.3, 0.4) is 0 Å². The van der Waals surface area contributed by atoms with Crippen molar-refractivity contribution in [3.05, 3.63) is 12.2 Å². The van der Waals surface area contributed by atoms with E-state index < -0.39 is 12.1 Å². The van der Waals surface area contributed by atoms with Crippen LogP contribution in [0, 0.1) is 0 Å². The molecule has 0 fully saturated rings. The summed E-state index contributed by atoms with van der Waals surface area (Å²) in [4.78, 5) is 10.9. The lowest BCUT2D eigenvalue weighted by molar-refractivity contribution is -0.141. The minimum atomic E-state index is -0.576. The van der Waals surface area contributed by atoms with E-state index in [1.54, 1.807) is 18.7 Å². The number of thioether (sulfide) groups is 1. The molecule has 0 heterocycles. The number of aliphatic hydroxyl groups is 1. The first-order valence-corrected chi connectivity index (χ1v) is 5.31. The van der Waals surface area contributed by atoms with Crippen LogP contribution in [-0.2, 0) is 9.53 Å². The highest BCUT2D eigenvalue weighted by Gasteiger charge is 2.08. The molecule has 0 aromatic heterocycles. The van der Waals surface area contributed by atoms with Crippen LogP contribution in [0.25, 0.3) is 0 Å². The number of carbonyl (C=O) groups excluding carboxylic acids is 1. The first-order chi connectivity index (χ1) is 6.07. The Balaban J connectivity index is 3.51. The molecule has 0 amide bonds. The summed E-state index contributed by atoms with van der Waals surface area (Å²) in [6.07, 6.45) is -0.576. The lowest BCUT2D eigenvalue weighted by atomic mass is 10.3. The minimum absolute atomic E-state index is 0.0543. The van der Waals surface area contributed by atoms with Gasteiger partial charge in [-0.05, 0) is 12.7 Å². The van der Waals surface area contributed by atoms with Gasteiger partial charge in [0.1, 0.15) is 6.61 Å². The van der Waals surface area contributed by atoms with Crippen molar-refractivity contribution in [2.75, 3.05) is 18.1 Å². The van der Waals surface area contributed by atoms with E-state index in [9.17, 15) is 9.90 Å². The highest BCUT2D eigenvalue weighted by molar-refractivity contribution is 7.99. The molecule has 1 unspecified atom stereocenters. The molecule has 0 saturated heterocycles. The predicted octanol–water partition coefficient (Wildman–Crippen LogP) is 1.22. The maximum absolute atomic E-state index is 10.9. The fourth-order valence-corrected chi connectivity index (χ4v) is 1.20. The third-order valence-electron chi connectivity index (χ3n) is 1.27. The number of aliphatic hydroxyl groups excluding tert-OH is 1. The van der Waals surface area contributed by atoms with Crippen molar-refractivity contribution >= 4 is 17.7 Å². The van der Waals surface area contributed by atoms with Crippen LogP contribution >= 0.6 is 11.8 Å². The molecule has 0 bridgehead atoms. The monoisotopic (exact) mass is 204 g/mol. The molecular formula is C9H16O3S. The quantitative estimate of drug-likeness (QED) is 0.522. The minimum Gasteiger partial charge on any atom is -0.460 e. The van der Waals surface area contributed by atoms with Crippen molar-refractivity contribution in [1.82, 2.24) is 0 Å². The van der Waals surface area contributed by atoms with Gasteiger partial charge in [-0.1, -0.05) is 13.5 Å². The zero-order valence-electron chi connectivity index (χ0n) is 8.08. The molecule has 0 aliphatic carbocycles. The summed E-state index contributed by atoms with van der Waals surface area (Å²) >= 11 is 1.61. The van der Waals surface area contributed by atoms with E-state index in [4.69, 9.17) is 4.74 Å². The van der Waals surface area contributed by atoms with E-state index in [1.165, 1.54) is 0 Å². The summed E-state index contributed by atoms with van der Waals surface area (Å²) < 4.78 is 4.76. The Labute approximate surface area is 83.2 Å². The van der Waals surface area contributed by atoms with Gasteiger partial charge in [0, 0.05) is 11.3 Å². The SMILES string of the molecule is C=C(C)C(=O)OCC(O)CSCC. The van der Waals surface area contributed by atoms with Gasteiger partial charge in [-0.25, -0.2) is 4.79 Å². The Kier molecular flexibility index (Phi) is 6.72. The molecule has 0 aromatic rings. The molecule has 0 radical (unpaired) electrons. The number of carbonyl (C=O) groups is 1. The second-order valence-corrected chi connectivity index (χ2v) is 4.01. The Hall–Kier alpha value is -0.480. The molecule has 3 nitrogen and oxygen atoms in total. The number of hydrogen-bond donors (Lipinski definition) is 1. The van der Waals surface area contributed by atoms with Gasteiger partial charge < -0.3 is 9.84 Å². The fourth-order valence-electron chi connectivity index (χ4n) is 0.597. The van der Waals surface area contributed by atoms with Crippen LogP contribution in [0.1, 0.15) is 13.8 Å². The van der Waals surface area contributed by atoms with Crippen molar-refractivity contribution in [1.29, 1.82) is 0 Å². The maximum Gasteiger partial charge on any atom is 0.333 e. The summed E-state index contributed by atoms with van der Waals surface area (Å²) in [7, 11) is 0. The van der Waals surface area contributed by atoms with Crippen molar-refractivity contribution < 1.29 is 14.6 Å². The Morgan fingerprint density at radius 1 is 1.69 bits per heavy atom. The zero-order chi connectivity index (χ0) is 10.3. The number of hydrogen-bond acceptors (Lipinski definition) is 4. The van der Waals surface area contributed by atoms with Crippen LogP contribution in [0.15, 0.2) is 12.2 Å². The smallest absolute Gasteiger partial charge is 0.333 e. The first-order valence-electron chi connectivity index (χ1n) is 4.16. The fraction of sp³-hybridized carbons (Fsp3) is 0.667. The molecule has 0 aliphatic heterocycles. The van der Waals surface area contributed by atoms with Crippen molar-refractivity contribution in [3.8, 4) is 0 Å². The second-order valence-electron chi connectivity index (χ2n) is 2.69. The summed E-state index contributed by atoms with van der Waals surface area (Å²) in [6.45, 7) is 7.08. The normalized spacial score (nSPS) is 12.2. The molecule has 0 saturated carbocycles. The summed E-state index contributed by atoms with van der Waals surface area (Å²) in [5.74, 6) is 1.10. The third kappa shape index (κ3) is 6.66. The highest BCUT2D eigenvalue weighted by atomic mass is 32.2. The van der Waals surface area contributed by atoms with Crippen LogP contribution in [0.5, 0.6) is 0 Å². The highest BCUT2D eigenvalue weighted by Crippen LogP contribution is 2.03. The van der Waals surface area contributed by atoms with Crippen molar-refractivity contribution in [2.24, 2.45) is 0 Å². The molecule has 0 spiro atoms. The van der Waals surface area contributed by atoms with Gasteiger partial charge in [0.25, 0.3) is 0 Å².